The van der Waals surface area contributed by atoms with Gasteiger partial charge in [-0.2, -0.15) is 0 Å². The monoisotopic (exact) mass is 580 g/mol. The van der Waals surface area contributed by atoms with Crippen LogP contribution in [0.5, 0.6) is 0 Å². The first kappa shape index (κ1) is 25.7. The molecule has 0 bridgehead atoms. The molecule has 3 heteroatoms. The van der Waals surface area contributed by atoms with Crippen molar-refractivity contribution in [1.82, 2.24) is 0 Å². The van der Waals surface area contributed by atoms with E-state index < -0.39 is 0 Å². The van der Waals surface area contributed by atoms with Gasteiger partial charge in [-0.05, 0) is 109 Å². The fourth-order valence-corrected chi connectivity index (χ4v) is 5.28. The van der Waals surface area contributed by atoms with Gasteiger partial charge in [0.15, 0.2) is 0 Å². The van der Waals surface area contributed by atoms with Gasteiger partial charge in [-0.15, -0.1) is 0 Å². The number of benzene rings is 6. The fraction of sp³-hybridized carbons (Fsp3) is 0.0270. The van der Waals surface area contributed by atoms with Crippen molar-refractivity contribution in [1.29, 1.82) is 0 Å². The highest BCUT2D eigenvalue weighted by Gasteiger charge is 2.14. The van der Waals surface area contributed by atoms with Crippen LogP contribution < -0.4 is 9.80 Å². The quantitative estimate of drug-likeness (QED) is 0.185. The average molecular weight is 582 g/mol. The Morgan fingerprint density at radius 2 is 0.750 bits per heavy atom. The minimum absolute atomic E-state index is 1.07. The fourth-order valence-electron chi connectivity index (χ4n) is 5.01. The number of anilines is 6. The molecule has 0 fully saturated rings. The number of aryl methyl sites for hydroxylation is 1. The van der Waals surface area contributed by atoms with Gasteiger partial charge in [-0.25, -0.2) is 0 Å². The molecule has 0 radical (unpaired) electrons. The number of para-hydroxylation sites is 2. The molecule has 6 aromatic rings. The predicted molar refractivity (Wildman–Crippen MR) is 174 cm³/mol. The molecule has 2 nitrogen and oxygen atoms in total. The molecule has 0 saturated carbocycles. The Labute approximate surface area is 244 Å². The summed E-state index contributed by atoms with van der Waals surface area (Å²) in [4.78, 5) is 4.58. The zero-order chi connectivity index (χ0) is 27.3. The highest BCUT2D eigenvalue weighted by Crippen LogP contribution is 2.38. The first-order chi connectivity index (χ1) is 19.7. The van der Waals surface area contributed by atoms with Crippen molar-refractivity contribution in [2.75, 3.05) is 9.80 Å². The first-order valence-corrected chi connectivity index (χ1v) is 14.2. The summed E-state index contributed by atoms with van der Waals surface area (Å²) >= 11 is 3.56. The normalized spacial score (nSPS) is 10.8. The summed E-state index contributed by atoms with van der Waals surface area (Å²) in [5.41, 5.74) is 10.4. The number of hydrogen-bond donors (Lipinski definition) is 0. The van der Waals surface area contributed by atoms with E-state index in [9.17, 15) is 0 Å². The van der Waals surface area contributed by atoms with Crippen LogP contribution in [-0.4, -0.2) is 0 Å². The van der Waals surface area contributed by atoms with Crippen molar-refractivity contribution in [3.63, 3.8) is 0 Å². The van der Waals surface area contributed by atoms with Gasteiger partial charge >= 0.3 is 0 Å². The molecule has 6 aromatic carbocycles. The standard InChI is InChI=1S/C37H29BrN2/c1-28-9-8-14-37(27-28)40(33-12-6-3-7-13-33)35-23-17-30(18-24-35)29-15-21-34(22-16-29)39(32-10-4-2-5-11-32)36-25-19-31(38)20-26-36/h2-27H,1H3. The van der Waals surface area contributed by atoms with Crippen molar-refractivity contribution in [2.45, 2.75) is 6.92 Å². The molecule has 0 saturated heterocycles. The number of rotatable bonds is 7. The average Bonchev–Trinajstić information content (AvgIpc) is 3.00. The van der Waals surface area contributed by atoms with Gasteiger partial charge in [0.05, 0.1) is 0 Å². The molecule has 0 spiro atoms. The lowest BCUT2D eigenvalue weighted by Crippen LogP contribution is -2.10. The van der Waals surface area contributed by atoms with E-state index in [0.29, 0.717) is 0 Å². The Morgan fingerprint density at radius 3 is 1.20 bits per heavy atom. The molecular weight excluding hydrogens is 552 g/mol. The van der Waals surface area contributed by atoms with Crippen LogP contribution in [0, 0.1) is 6.92 Å². The predicted octanol–water partition coefficient (Wildman–Crippen LogP) is 11.4. The Balaban J connectivity index is 1.32. The van der Waals surface area contributed by atoms with Crippen LogP contribution in [-0.2, 0) is 0 Å². The molecule has 0 unspecified atom stereocenters. The Bertz CT molecular complexity index is 1680. The van der Waals surface area contributed by atoms with Crippen LogP contribution >= 0.6 is 15.9 Å². The van der Waals surface area contributed by atoms with E-state index in [1.165, 1.54) is 16.7 Å². The van der Waals surface area contributed by atoms with Crippen LogP contribution in [0.4, 0.5) is 34.1 Å². The van der Waals surface area contributed by atoms with Gasteiger partial charge in [0, 0.05) is 38.6 Å². The lowest BCUT2D eigenvalue weighted by molar-refractivity contribution is 1.27. The van der Waals surface area contributed by atoms with Crippen LogP contribution in [0.3, 0.4) is 0 Å². The molecular formula is C37H29BrN2. The van der Waals surface area contributed by atoms with Crippen molar-refractivity contribution in [2.24, 2.45) is 0 Å². The molecule has 0 atom stereocenters. The van der Waals surface area contributed by atoms with E-state index in [2.05, 4.69) is 184 Å². The van der Waals surface area contributed by atoms with E-state index >= 15 is 0 Å². The van der Waals surface area contributed by atoms with E-state index in [0.717, 1.165) is 38.6 Å². The Morgan fingerprint density at radius 1 is 0.375 bits per heavy atom. The van der Waals surface area contributed by atoms with Gasteiger partial charge in [0.1, 0.15) is 0 Å². The highest BCUT2D eigenvalue weighted by atomic mass is 79.9. The van der Waals surface area contributed by atoms with Crippen LogP contribution in [0.1, 0.15) is 5.56 Å². The van der Waals surface area contributed by atoms with E-state index in [1.54, 1.807) is 0 Å². The van der Waals surface area contributed by atoms with Crippen molar-refractivity contribution in [3.8, 4) is 11.1 Å². The number of hydrogen-bond acceptors (Lipinski definition) is 2. The lowest BCUT2D eigenvalue weighted by Gasteiger charge is -2.26. The smallest absolute Gasteiger partial charge is 0.0464 e. The molecule has 6 rings (SSSR count). The molecule has 0 aliphatic heterocycles. The van der Waals surface area contributed by atoms with Crippen LogP contribution in [0.25, 0.3) is 11.1 Å². The minimum Gasteiger partial charge on any atom is -0.311 e. The third-order valence-corrected chi connectivity index (χ3v) is 7.49. The molecule has 0 aliphatic rings. The second-order valence-electron chi connectivity index (χ2n) is 9.75. The van der Waals surface area contributed by atoms with Gasteiger partial charge < -0.3 is 9.80 Å². The van der Waals surface area contributed by atoms with E-state index in [4.69, 9.17) is 0 Å². The second kappa shape index (κ2) is 11.6. The highest BCUT2D eigenvalue weighted by molar-refractivity contribution is 9.10. The molecule has 40 heavy (non-hydrogen) atoms. The largest absolute Gasteiger partial charge is 0.311 e. The summed E-state index contributed by atoms with van der Waals surface area (Å²) in [5, 5.41) is 0. The number of halogens is 1. The maximum absolute atomic E-state index is 3.56. The molecule has 0 heterocycles. The van der Waals surface area contributed by atoms with E-state index in [1.807, 2.05) is 6.07 Å². The molecule has 0 aromatic heterocycles. The third kappa shape index (κ3) is 5.56. The molecule has 194 valence electrons. The topological polar surface area (TPSA) is 6.48 Å². The third-order valence-electron chi connectivity index (χ3n) is 6.96. The van der Waals surface area contributed by atoms with E-state index in [-0.39, 0.29) is 0 Å². The minimum atomic E-state index is 1.07. The van der Waals surface area contributed by atoms with Gasteiger partial charge in [0.25, 0.3) is 0 Å². The van der Waals surface area contributed by atoms with Gasteiger partial charge in [-0.3, -0.25) is 0 Å². The Hall–Kier alpha value is -4.60. The maximum atomic E-state index is 3.56. The Kier molecular flexibility index (Phi) is 7.47. The summed E-state index contributed by atoms with van der Waals surface area (Å²) < 4.78 is 1.07. The summed E-state index contributed by atoms with van der Waals surface area (Å²) in [7, 11) is 0. The maximum Gasteiger partial charge on any atom is 0.0464 e. The summed E-state index contributed by atoms with van der Waals surface area (Å²) in [6.45, 7) is 2.13. The van der Waals surface area contributed by atoms with Crippen LogP contribution in [0.2, 0.25) is 0 Å². The zero-order valence-corrected chi connectivity index (χ0v) is 23.9. The SMILES string of the molecule is Cc1cccc(N(c2ccccc2)c2ccc(-c3ccc(N(c4ccccc4)c4ccc(Br)cc4)cc3)cc2)c1. The molecule has 0 amide bonds. The lowest BCUT2D eigenvalue weighted by atomic mass is 10.0. The van der Waals surface area contributed by atoms with Gasteiger partial charge in [-0.1, -0.05) is 88.7 Å². The molecule has 0 N–H and O–H groups in total. The van der Waals surface area contributed by atoms with Crippen molar-refractivity contribution >= 4 is 50.1 Å². The summed E-state index contributed by atoms with van der Waals surface area (Å²) in [6.07, 6.45) is 0. The van der Waals surface area contributed by atoms with Crippen molar-refractivity contribution in [3.05, 3.63) is 168 Å². The first-order valence-electron chi connectivity index (χ1n) is 13.4. The van der Waals surface area contributed by atoms with Crippen molar-refractivity contribution < 1.29 is 0 Å². The molecule has 0 aliphatic carbocycles. The van der Waals surface area contributed by atoms with Gasteiger partial charge in [0.2, 0.25) is 0 Å². The summed E-state index contributed by atoms with van der Waals surface area (Å²) in [6, 6.07) is 55.7. The summed E-state index contributed by atoms with van der Waals surface area (Å²) in [5.74, 6) is 0. The second-order valence-corrected chi connectivity index (χ2v) is 10.7. The zero-order valence-electron chi connectivity index (χ0n) is 22.3. The number of nitrogens with zero attached hydrogens (tertiary/aromatic N) is 2. The van der Waals surface area contributed by atoms with Crippen LogP contribution in [0.15, 0.2) is 162 Å².